The molecule has 1 saturated heterocycles. The van der Waals surface area contributed by atoms with Crippen LogP contribution in [-0.4, -0.2) is 53.5 Å². The number of halogens is 2. The summed E-state index contributed by atoms with van der Waals surface area (Å²) in [7, 11) is 0. The summed E-state index contributed by atoms with van der Waals surface area (Å²) in [6, 6.07) is 0. The van der Waals surface area contributed by atoms with Gasteiger partial charge in [0, 0.05) is 48.0 Å². The molecule has 17 heavy (non-hydrogen) atoms. The first-order chi connectivity index (χ1) is 8.29. The first-order valence-corrected chi connectivity index (χ1v) is 7.42. The number of hydrogen-bond acceptors (Lipinski definition) is 4. The van der Waals surface area contributed by atoms with Crippen LogP contribution in [0.4, 0.5) is 5.95 Å². The maximum atomic E-state index is 5.78. The number of hydrogen-bond donors (Lipinski definition) is 0. The van der Waals surface area contributed by atoms with Crippen molar-refractivity contribution < 1.29 is 0 Å². The maximum absolute atomic E-state index is 5.78. The molecule has 0 saturated carbocycles. The van der Waals surface area contributed by atoms with Crippen molar-refractivity contribution >= 4 is 40.1 Å². The van der Waals surface area contributed by atoms with Crippen molar-refractivity contribution in [1.29, 1.82) is 0 Å². The predicted octanol–water partition coefficient (Wildman–Crippen LogP) is 1.83. The van der Waals surface area contributed by atoms with Crippen LogP contribution in [0, 0.1) is 3.57 Å². The molecule has 2 rings (SSSR count). The smallest absolute Gasteiger partial charge is 0.225 e. The Hall–Kier alpha value is -0.140. The molecular weight excluding hydrogens is 351 g/mol. The molecule has 1 aromatic heterocycles. The molecule has 0 N–H and O–H groups in total. The first-order valence-electron chi connectivity index (χ1n) is 5.80. The third-order valence-corrected chi connectivity index (χ3v) is 3.60. The summed E-state index contributed by atoms with van der Waals surface area (Å²) in [5.41, 5.74) is 0. The Morgan fingerprint density at radius 3 is 2.65 bits per heavy atom. The van der Waals surface area contributed by atoms with Gasteiger partial charge in [-0.1, -0.05) is 0 Å². The second kappa shape index (κ2) is 6.70. The van der Waals surface area contributed by atoms with Gasteiger partial charge in [-0.15, -0.1) is 11.6 Å². The number of aromatic nitrogens is 2. The van der Waals surface area contributed by atoms with Crippen LogP contribution in [0.25, 0.3) is 0 Å². The molecule has 4 nitrogen and oxygen atoms in total. The molecule has 2 heterocycles. The Bertz CT molecular complexity index is 346. The minimum Gasteiger partial charge on any atom is -0.339 e. The van der Waals surface area contributed by atoms with Gasteiger partial charge < -0.3 is 9.80 Å². The van der Waals surface area contributed by atoms with Crippen molar-refractivity contribution in [2.24, 2.45) is 0 Å². The normalized spacial score (nSPS) is 18.1. The Morgan fingerprint density at radius 2 is 1.94 bits per heavy atom. The molecule has 0 bridgehead atoms. The van der Waals surface area contributed by atoms with Crippen LogP contribution in [0.2, 0.25) is 0 Å². The van der Waals surface area contributed by atoms with E-state index in [2.05, 4.69) is 42.4 Å². The van der Waals surface area contributed by atoms with Crippen molar-refractivity contribution in [2.75, 3.05) is 43.5 Å². The zero-order chi connectivity index (χ0) is 12.1. The zero-order valence-corrected chi connectivity index (χ0v) is 12.6. The second-order valence-electron chi connectivity index (χ2n) is 4.07. The molecule has 1 aromatic rings. The second-order valence-corrected chi connectivity index (χ2v) is 5.70. The third kappa shape index (κ3) is 3.93. The van der Waals surface area contributed by atoms with Gasteiger partial charge in [0.15, 0.2) is 0 Å². The lowest BCUT2D eigenvalue weighted by molar-refractivity contribution is 0.311. The molecule has 1 aliphatic heterocycles. The summed E-state index contributed by atoms with van der Waals surface area (Å²) < 4.78 is 1.07. The molecule has 0 spiro atoms. The molecule has 0 unspecified atom stereocenters. The largest absolute Gasteiger partial charge is 0.339 e. The number of alkyl halides is 1. The summed E-state index contributed by atoms with van der Waals surface area (Å²) in [5, 5.41) is 0. The molecule has 94 valence electrons. The van der Waals surface area contributed by atoms with Gasteiger partial charge in [-0.05, 0) is 35.6 Å². The van der Waals surface area contributed by atoms with Crippen LogP contribution in [-0.2, 0) is 0 Å². The maximum Gasteiger partial charge on any atom is 0.225 e. The van der Waals surface area contributed by atoms with Crippen molar-refractivity contribution in [3.63, 3.8) is 0 Å². The number of rotatable bonds is 3. The van der Waals surface area contributed by atoms with E-state index in [0.717, 1.165) is 48.7 Å². The Balaban J connectivity index is 1.96. The quantitative estimate of drug-likeness (QED) is 0.603. The molecule has 6 heteroatoms. The highest BCUT2D eigenvalue weighted by molar-refractivity contribution is 14.1. The van der Waals surface area contributed by atoms with Crippen molar-refractivity contribution in [1.82, 2.24) is 14.9 Å². The van der Waals surface area contributed by atoms with Crippen molar-refractivity contribution in [2.45, 2.75) is 6.42 Å². The molecule has 1 fully saturated rings. The van der Waals surface area contributed by atoms with Gasteiger partial charge in [0.1, 0.15) is 0 Å². The van der Waals surface area contributed by atoms with E-state index in [1.165, 1.54) is 0 Å². The van der Waals surface area contributed by atoms with Gasteiger partial charge in [-0.2, -0.15) is 0 Å². The van der Waals surface area contributed by atoms with Crippen molar-refractivity contribution in [3.8, 4) is 0 Å². The highest BCUT2D eigenvalue weighted by atomic mass is 127. The zero-order valence-electron chi connectivity index (χ0n) is 9.65. The van der Waals surface area contributed by atoms with E-state index in [1.807, 2.05) is 12.4 Å². The van der Waals surface area contributed by atoms with Gasteiger partial charge in [-0.25, -0.2) is 9.97 Å². The molecule has 0 atom stereocenters. The third-order valence-electron chi connectivity index (χ3n) is 2.88. The van der Waals surface area contributed by atoms with Crippen LogP contribution in [0.5, 0.6) is 0 Å². The Morgan fingerprint density at radius 1 is 1.18 bits per heavy atom. The van der Waals surface area contributed by atoms with Gasteiger partial charge in [0.2, 0.25) is 5.95 Å². The lowest BCUT2D eigenvalue weighted by atomic mass is 10.4. The minimum absolute atomic E-state index is 0.708. The summed E-state index contributed by atoms with van der Waals surface area (Å²) >= 11 is 8.00. The standard InChI is InChI=1S/C11H16ClIN4/c12-2-5-16-3-1-4-17(7-6-16)11-14-8-10(13)9-15-11/h8-9H,1-7H2. The molecule has 0 radical (unpaired) electrons. The fourth-order valence-electron chi connectivity index (χ4n) is 1.98. The van der Waals surface area contributed by atoms with E-state index >= 15 is 0 Å². The van der Waals surface area contributed by atoms with E-state index in [0.29, 0.717) is 5.88 Å². The van der Waals surface area contributed by atoms with Gasteiger partial charge in [0.05, 0.1) is 0 Å². The number of anilines is 1. The van der Waals surface area contributed by atoms with E-state index < -0.39 is 0 Å². The van der Waals surface area contributed by atoms with Crippen LogP contribution in [0.1, 0.15) is 6.42 Å². The van der Waals surface area contributed by atoms with Crippen LogP contribution < -0.4 is 4.90 Å². The SMILES string of the molecule is ClCCN1CCCN(c2ncc(I)cn2)CC1. The monoisotopic (exact) mass is 366 g/mol. The van der Waals surface area contributed by atoms with Crippen LogP contribution in [0.15, 0.2) is 12.4 Å². The molecule has 0 aliphatic carbocycles. The van der Waals surface area contributed by atoms with E-state index in [-0.39, 0.29) is 0 Å². The van der Waals surface area contributed by atoms with Gasteiger partial charge in [-0.3, -0.25) is 0 Å². The molecular formula is C11H16ClIN4. The first kappa shape index (κ1) is 13.3. The van der Waals surface area contributed by atoms with Gasteiger partial charge >= 0.3 is 0 Å². The van der Waals surface area contributed by atoms with E-state index in [9.17, 15) is 0 Å². The fourth-order valence-corrected chi connectivity index (χ4v) is 2.50. The topological polar surface area (TPSA) is 32.3 Å². The lowest BCUT2D eigenvalue weighted by Gasteiger charge is -2.21. The fraction of sp³-hybridized carbons (Fsp3) is 0.636. The Kier molecular flexibility index (Phi) is 5.24. The highest BCUT2D eigenvalue weighted by Gasteiger charge is 2.16. The molecule has 0 aromatic carbocycles. The van der Waals surface area contributed by atoms with Crippen LogP contribution in [0.3, 0.4) is 0 Å². The lowest BCUT2D eigenvalue weighted by Crippen LogP contribution is -2.32. The van der Waals surface area contributed by atoms with Gasteiger partial charge in [0.25, 0.3) is 0 Å². The van der Waals surface area contributed by atoms with E-state index in [1.54, 1.807) is 0 Å². The van der Waals surface area contributed by atoms with E-state index in [4.69, 9.17) is 11.6 Å². The summed E-state index contributed by atoms with van der Waals surface area (Å²) in [4.78, 5) is 13.4. The molecule has 1 aliphatic rings. The van der Waals surface area contributed by atoms with Crippen LogP contribution >= 0.6 is 34.2 Å². The summed E-state index contributed by atoms with van der Waals surface area (Å²) in [6.45, 7) is 5.15. The van der Waals surface area contributed by atoms with Crippen molar-refractivity contribution in [3.05, 3.63) is 16.0 Å². The minimum atomic E-state index is 0.708. The Labute approximate surface area is 121 Å². The highest BCUT2D eigenvalue weighted by Crippen LogP contribution is 2.11. The predicted molar refractivity (Wildman–Crippen MR) is 78.7 cm³/mol. The number of nitrogens with zero attached hydrogens (tertiary/aromatic N) is 4. The average molecular weight is 367 g/mol. The summed E-state index contributed by atoms with van der Waals surface area (Å²) in [6.07, 6.45) is 4.88. The molecule has 0 amide bonds. The average Bonchev–Trinajstić information content (AvgIpc) is 2.56. The summed E-state index contributed by atoms with van der Waals surface area (Å²) in [5.74, 6) is 1.55.